The molecule has 1 aromatic rings. The van der Waals surface area contributed by atoms with E-state index in [1.165, 1.54) is 12.1 Å². The van der Waals surface area contributed by atoms with Crippen molar-refractivity contribution in [1.29, 1.82) is 0 Å². The smallest absolute Gasteiger partial charge is 0.387 e. The van der Waals surface area contributed by atoms with Crippen LogP contribution in [-0.4, -0.2) is 23.6 Å². The van der Waals surface area contributed by atoms with Crippen LogP contribution in [0.2, 0.25) is 0 Å². The molecular weight excluding hydrogens is 284 g/mol. The standard InChI is InChI=1S/C14H17F2NO4/c1-9(17-12(18)6-3-7-13(19)20)10-4-2-5-11(8-10)21-14(15)16/h2,4-5,8-9,14H,3,6-7H2,1H3,(H,17,18)(H,19,20). The van der Waals surface area contributed by atoms with Gasteiger partial charge in [-0.2, -0.15) is 8.78 Å². The van der Waals surface area contributed by atoms with Crippen molar-refractivity contribution in [3.8, 4) is 5.75 Å². The van der Waals surface area contributed by atoms with Crippen LogP contribution in [0.3, 0.4) is 0 Å². The first-order valence-electron chi connectivity index (χ1n) is 6.44. The zero-order valence-electron chi connectivity index (χ0n) is 11.5. The molecule has 0 fully saturated rings. The first-order chi connectivity index (χ1) is 9.88. The van der Waals surface area contributed by atoms with E-state index in [2.05, 4.69) is 10.1 Å². The second-order valence-electron chi connectivity index (χ2n) is 4.49. The Hall–Kier alpha value is -2.18. The number of hydrogen-bond acceptors (Lipinski definition) is 3. The van der Waals surface area contributed by atoms with Crippen molar-refractivity contribution < 1.29 is 28.2 Å². The molecule has 0 saturated heterocycles. The van der Waals surface area contributed by atoms with Crippen LogP contribution < -0.4 is 10.1 Å². The van der Waals surface area contributed by atoms with Gasteiger partial charge in [-0.3, -0.25) is 9.59 Å². The highest BCUT2D eigenvalue weighted by Gasteiger charge is 2.12. The van der Waals surface area contributed by atoms with Gasteiger partial charge in [-0.05, 0) is 31.0 Å². The molecule has 7 heteroatoms. The molecule has 0 aliphatic rings. The van der Waals surface area contributed by atoms with Crippen molar-refractivity contribution in [2.75, 3.05) is 0 Å². The molecule has 1 atom stereocenters. The van der Waals surface area contributed by atoms with Crippen LogP contribution in [0.25, 0.3) is 0 Å². The number of nitrogens with one attached hydrogen (secondary N) is 1. The van der Waals surface area contributed by atoms with Gasteiger partial charge in [-0.25, -0.2) is 0 Å². The summed E-state index contributed by atoms with van der Waals surface area (Å²) < 4.78 is 28.5. The number of rotatable bonds is 8. The zero-order valence-corrected chi connectivity index (χ0v) is 11.5. The fourth-order valence-electron chi connectivity index (χ4n) is 1.76. The predicted molar refractivity (Wildman–Crippen MR) is 71.1 cm³/mol. The summed E-state index contributed by atoms with van der Waals surface area (Å²) in [5.74, 6) is -1.22. The lowest BCUT2D eigenvalue weighted by molar-refractivity contribution is -0.137. The van der Waals surface area contributed by atoms with E-state index < -0.39 is 12.6 Å². The molecule has 0 bridgehead atoms. The molecule has 0 saturated carbocycles. The van der Waals surface area contributed by atoms with Crippen molar-refractivity contribution >= 4 is 11.9 Å². The molecule has 2 N–H and O–H groups in total. The SMILES string of the molecule is CC(NC(=O)CCCC(=O)O)c1cccc(OC(F)F)c1. The van der Waals surface area contributed by atoms with Crippen molar-refractivity contribution in [2.45, 2.75) is 38.8 Å². The van der Waals surface area contributed by atoms with Crippen molar-refractivity contribution in [3.05, 3.63) is 29.8 Å². The number of amides is 1. The van der Waals surface area contributed by atoms with Gasteiger partial charge in [0.2, 0.25) is 5.91 Å². The maximum atomic E-state index is 12.1. The van der Waals surface area contributed by atoms with E-state index in [9.17, 15) is 18.4 Å². The van der Waals surface area contributed by atoms with Gasteiger partial charge in [0.25, 0.3) is 0 Å². The van der Waals surface area contributed by atoms with Crippen molar-refractivity contribution in [1.82, 2.24) is 5.32 Å². The van der Waals surface area contributed by atoms with E-state index in [1.54, 1.807) is 19.1 Å². The van der Waals surface area contributed by atoms with Gasteiger partial charge in [-0.15, -0.1) is 0 Å². The molecule has 0 spiro atoms. The van der Waals surface area contributed by atoms with Crippen LogP contribution in [0.15, 0.2) is 24.3 Å². The van der Waals surface area contributed by atoms with E-state index in [-0.39, 0.29) is 37.0 Å². The van der Waals surface area contributed by atoms with Crippen LogP contribution in [0, 0.1) is 0 Å². The molecule has 1 amide bonds. The minimum absolute atomic E-state index is 0.0227. The Kier molecular flexibility index (Phi) is 6.58. The lowest BCUT2D eigenvalue weighted by atomic mass is 10.1. The number of hydrogen-bond donors (Lipinski definition) is 2. The number of carbonyl (C=O) groups is 2. The van der Waals surface area contributed by atoms with E-state index in [1.807, 2.05) is 0 Å². The number of ether oxygens (including phenoxy) is 1. The third-order valence-corrected chi connectivity index (χ3v) is 2.76. The molecule has 5 nitrogen and oxygen atoms in total. The molecule has 0 heterocycles. The molecule has 1 aromatic carbocycles. The summed E-state index contributed by atoms with van der Waals surface area (Å²) in [4.78, 5) is 22.0. The van der Waals surface area contributed by atoms with E-state index in [0.29, 0.717) is 5.56 Å². The van der Waals surface area contributed by atoms with Gasteiger partial charge < -0.3 is 15.2 Å². The lowest BCUT2D eigenvalue weighted by Crippen LogP contribution is -2.26. The van der Waals surface area contributed by atoms with Crippen molar-refractivity contribution in [2.24, 2.45) is 0 Å². The average Bonchev–Trinajstić information content (AvgIpc) is 2.37. The summed E-state index contributed by atoms with van der Waals surface area (Å²) in [5.41, 5.74) is 0.625. The van der Waals surface area contributed by atoms with Gasteiger partial charge in [0, 0.05) is 12.8 Å². The van der Waals surface area contributed by atoms with Crippen LogP contribution in [0.5, 0.6) is 5.75 Å². The monoisotopic (exact) mass is 301 g/mol. The van der Waals surface area contributed by atoms with E-state index in [0.717, 1.165) is 0 Å². The number of carboxylic acid groups (broad SMARTS) is 1. The van der Waals surface area contributed by atoms with Crippen LogP contribution in [-0.2, 0) is 9.59 Å². The first kappa shape index (κ1) is 16.9. The molecule has 0 aliphatic carbocycles. The normalized spacial score (nSPS) is 12.0. The quantitative estimate of drug-likeness (QED) is 0.774. The van der Waals surface area contributed by atoms with Crippen molar-refractivity contribution in [3.63, 3.8) is 0 Å². The Morgan fingerprint density at radius 1 is 1.33 bits per heavy atom. The largest absolute Gasteiger partial charge is 0.481 e. The molecule has 0 radical (unpaired) electrons. The Bertz CT molecular complexity index is 494. The zero-order chi connectivity index (χ0) is 15.8. The molecule has 0 aromatic heterocycles. The number of benzene rings is 1. The Labute approximate surface area is 120 Å². The van der Waals surface area contributed by atoms with E-state index in [4.69, 9.17) is 5.11 Å². The number of carbonyl (C=O) groups excluding carboxylic acids is 1. The Morgan fingerprint density at radius 2 is 2.05 bits per heavy atom. The van der Waals surface area contributed by atoms with Gasteiger partial charge >= 0.3 is 12.6 Å². The van der Waals surface area contributed by atoms with Crippen LogP contribution in [0.1, 0.15) is 37.8 Å². The first-order valence-corrected chi connectivity index (χ1v) is 6.44. The number of aliphatic carboxylic acids is 1. The second kappa shape index (κ2) is 8.18. The van der Waals surface area contributed by atoms with Gasteiger partial charge in [0.1, 0.15) is 5.75 Å². The third kappa shape index (κ3) is 6.69. The summed E-state index contributed by atoms with van der Waals surface area (Å²) in [6.07, 6.45) is 0.284. The summed E-state index contributed by atoms with van der Waals surface area (Å²) in [6.45, 7) is -1.20. The van der Waals surface area contributed by atoms with Crippen LogP contribution in [0.4, 0.5) is 8.78 Å². The van der Waals surface area contributed by atoms with Gasteiger partial charge in [0.05, 0.1) is 6.04 Å². The summed E-state index contributed by atoms with van der Waals surface area (Å²) >= 11 is 0. The average molecular weight is 301 g/mol. The fourth-order valence-corrected chi connectivity index (χ4v) is 1.76. The maximum Gasteiger partial charge on any atom is 0.387 e. The Morgan fingerprint density at radius 3 is 2.67 bits per heavy atom. The molecule has 116 valence electrons. The molecule has 1 unspecified atom stereocenters. The maximum absolute atomic E-state index is 12.1. The summed E-state index contributed by atoms with van der Waals surface area (Å²) in [5, 5.41) is 11.2. The highest BCUT2D eigenvalue weighted by Crippen LogP contribution is 2.20. The van der Waals surface area contributed by atoms with E-state index >= 15 is 0 Å². The lowest BCUT2D eigenvalue weighted by Gasteiger charge is -2.15. The molecular formula is C14H17F2NO4. The molecule has 1 rings (SSSR count). The highest BCUT2D eigenvalue weighted by atomic mass is 19.3. The number of halogens is 2. The Balaban J connectivity index is 2.52. The second-order valence-corrected chi connectivity index (χ2v) is 4.49. The summed E-state index contributed by atoms with van der Waals surface area (Å²) in [6, 6.07) is 5.68. The fraction of sp³-hybridized carbons (Fsp3) is 0.429. The minimum Gasteiger partial charge on any atom is -0.481 e. The minimum atomic E-state index is -2.90. The molecule has 21 heavy (non-hydrogen) atoms. The topological polar surface area (TPSA) is 75.6 Å². The van der Waals surface area contributed by atoms with Crippen LogP contribution >= 0.6 is 0 Å². The van der Waals surface area contributed by atoms with Gasteiger partial charge in [-0.1, -0.05) is 12.1 Å². The predicted octanol–water partition coefficient (Wildman–Crippen LogP) is 2.72. The molecule has 0 aliphatic heterocycles. The van der Waals surface area contributed by atoms with Gasteiger partial charge in [0.15, 0.2) is 0 Å². The number of carboxylic acids is 1. The summed E-state index contributed by atoms with van der Waals surface area (Å²) in [7, 11) is 0. The highest BCUT2D eigenvalue weighted by molar-refractivity contribution is 5.77. The third-order valence-electron chi connectivity index (χ3n) is 2.76. The number of alkyl halides is 2.